The Morgan fingerprint density at radius 1 is 1.06 bits per heavy atom. The predicted octanol–water partition coefficient (Wildman–Crippen LogP) is 5.99. The topological polar surface area (TPSA) is 43.3 Å². The fourth-order valence-electron chi connectivity index (χ4n) is 4.21. The molecule has 0 aliphatic carbocycles. The smallest absolute Gasteiger partial charge is 0.215 e. The molecule has 0 N–H and O–H groups in total. The number of hydrazone groups is 1. The SMILES string of the molecule is CCOc1cccc2c1O[C@H](c1ccccc1Cl)N1N=C(c3cccc(OC)c3)C[C@@H]21. The Balaban J connectivity index is 1.62. The molecule has 3 aromatic carbocycles. The molecule has 0 amide bonds. The molecule has 3 aromatic rings. The molecule has 0 saturated heterocycles. The summed E-state index contributed by atoms with van der Waals surface area (Å²) < 4.78 is 17.8. The molecule has 0 bridgehead atoms. The van der Waals surface area contributed by atoms with Crippen molar-refractivity contribution in [1.82, 2.24) is 5.01 Å². The highest BCUT2D eigenvalue weighted by Gasteiger charge is 2.42. The highest BCUT2D eigenvalue weighted by atomic mass is 35.5. The van der Waals surface area contributed by atoms with Gasteiger partial charge in [-0.3, -0.25) is 0 Å². The molecule has 6 heteroatoms. The van der Waals surface area contributed by atoms with Crippen molar-refractivity contribution in [2.24, 2.45) is 5.10 Å². The molecule has 0 unspecified atom stereocenters. The second-order valence-corrected chi connectivity index (χ2v) is 7.89. The second-order valence-electron chi connectivity index (χ2n) is 7.48. The fourth-order valence-corrected chi connectivity index (χ4v) is 4.44. The van der Waals surface area contributed by atoms with Gasteiger partial charge in [0, 0.05) is 28.1 Å². The van der Waals surface area contributed by atoms with E-state index in [-0.39, 0.29) is 6.04 Å². The molecule has 0 saturated carbocycles. The van der Waals surface area contributed by atoms with Crippen molar-refractivity contribution in [2.75, 3.05) is 13.7 Å². The lowest BCUT2D eigenvalue weighted by Gasteiger charge is -2.39. The van der Waals surface area contributed by atoms with E-state index in [1.165, 1.54) is 0 Å². The minimum absolute atomic E-state index is 0.0200. The van der Waals surface area contributed by atoms with Gasteiger partial charge in [0.05, 0.1) is 25.5 Å². The fraction of sp³-hybridized carbons (Fsp3) is 0.240. The Morgan fingerprint density at radius 3 is 2.68 bits per heavy atom. The van der Waals surface area contributed by atoms with Crippen LogP contribution in [0.5, 0.6) is 17.2 Å². The van der Waals surface area contributed by atoms with Crippen molar-refractivity contribution in [1.29, 1.82) is 0 Å². The summed E-state index contributed by atoms with van der Waals surface area (Å²) in [5, 5.41) is 7.67. The van der Waals surface area contributed by atoms with E-state index >= 15 is 0 Å². The van der Waals surface area contributed by atoms with Crippen molar-refractivity contribution in [3.8, 4) is 17.2 Å². The molecule has 2 aliphatic heterocycles. The number of fused-ring (bicyclic) bond motifs is 3. The summed E-state index contributed by atoms with van der Waals surface area (Å²) in [7, 11) is 1.67. The molecule has 5 nitrogen and oxygen atoms in total. The minimum Gasteiger partial charge on any atom is -0.497 e. The molecular formula is C25H23ClN2O3. The number of benzene rings is 3. The Bertz CT molecular complexity index is 1150. The molecule has 2 aliphatic rings. The van der Waals surface area contributed by atoms with Gasteiger partial charge in [-0.05, 0) is 31.2 Å². The number of halogens is 1. The van der Waals surface area contributed by atoms with Gasteiger partial charge < -0.3 is 14.2 Å². The standard InChI is InChI=1S/C25H23ClN2O3/c1-3-30-23-13-7-11-19-22-15-21(16-8-6-9-17(14-16)29-2)27-28(22)25(31-24(19)23)18-10-4-5-12-20(18)26/h4-14,22,25H,3,15H2,1-2H3/t22-,25+/m0/s1. The van der Waals surface area contributed by atoms with Gasteiger partial charge >= 0.3 is 0 Å². The number of methoxy groups -OCH3 is 1. The van der Waals surface area contributed by atoms with Crippen molar-refractivity contribution >= 4 is 17.3 Å². The Labute approximate surface area is 186 Å². The summed E-state index contributed by atoms with van der Waals surface area (Å²) in [5.74, 6) is 2.31. The highest BCUT2D eigenvalue weighted by Crippen LogP contribution is 2.51. The third-order valence-electron chi connectivity index (χ3n) is 5.65. The molecule has 31 heavy (non-hydrogen) atoms. The average Bonchev–Trinajstić information content (AvgIpc) is 3.25. The molecule has 0 spiro atoms. The van der Waals surface area contributed by atoms with Gasteiger partial charge in [-0.2, -0.15) is 5.10 Å². The first-order valence-electron chi connectivity index (χ1n) is 10.4. The van der Waals surface area contributed by atoms with E-state index in [2.05, 4.69) is 12.1 Å². The van der Waals surface area contributed by atoms with Crippen LogP contribution in [-0.4, -0.2) is 24.4 Å². The first kappa shape index (κ1) is 19.8. The molecule has 0 fully saturated rings. The van der Waals surface area contributed by atoms with Crippen LogP contribution >= 0.6 is 11.6 Å². The average molecular weight is 435 g/mol. The summed E-state index contributed by atoms with van der Waals surface area (Å²) in [6, 6.07) is 21.8. The minimum atomic E-state index is -0.448. The number of rotatable bonds is 5. The lowest BCUT2D eigenvalue weighted by Crippen LogP contribution is -2.34. The summed E-state index contributed by atoms with van der Waals surface area (Å²) in [6.45, 7) is 2.54. The lowest BCUT2D eigenvalue weighted by atomic mass is 9.95. The van der Waals surface area contributed by atoms with Crippen LogP contribution in [0.1, 0.15) is 42.3 Å². The highest BCUT2D eigenvalue weighted by molar-refractivity contribution is 6.31. The third-order valence-corrected chi connectivity index (χ3v) is 6.00. The second kappa shape index (κ2) is 8.16. The first-order valence-corrected chi connectivity index (χ1v) is 10.7. The van der Waals surface area contributed by atoms with Crippen LogP contribution in [0.3, 0.4) is 0 Å². The Morgan fingerprint density at radius 2 is 1.87 bits per heavy atom. The van der Waals surface area contributed by atoms with Crippen molar-refractivity contribution < 1.29 is 14.2 Å². The first-order chi connectivity index (χ1) is 15.2. The number of hydrogen-bond donors (Lipinski definition) is 0. The van der Waals surface area contributed by atoms with Crippen LogP contribution in [0, 0.1) is 0 Å². The van der Waals surface area contributed by atoms with E-state index in [0.717, 1.165) is 46.1 Å². The zero-order valence-electron chi connectivity index (χ0n) is 17.4. The summed E-state index contributed by atoms with van der Waals surface area (Å²) in [6.07, 6.45) is 0.302. The maximum atomic E-state index is 6.57. The molecule has 0 aromatic heterocycles. The van der Waals surface area contributed by atoms with Gasteiger partial charge in [0.2, 0.25) is 6.23 Å². The zero-order valence-corrected chi connectivity index (χ0v) is 18.2. The predicted molar refractivity (Wildman–Crippen MR) is 121 cm³/mol. The van der Waals surface area contributed by atoms with Crippen molar-refractivity contribution in [3.63, 3.8) is 0 Å². The van der Waals surface area contributed by atoms with Gasteiger partial charge in [0.1, 0.15) is 5.75 Å². The van der Waals surface area contributed by atoms with E-state index in [1.807, 2.05) is 66.5 Å². The lowest BCUT2D eigenvalue weighted by molar-refractivity contribution is -0.0211. The Hall–Kier alpha value is -3.18. The van der Waals surface area contributed by atoms with Crippen molar-refractivity contribution in [2.45, 2.75) is 25.6 Å². The molecule has 5 rings (SSSR count). The van der Waals surface area contributed by atoms with E-state index in [1.54, 1.807) is 7.11 Å². The van der Waals surface area contributed by atoms with Gasteiger partial charge in [0.15, 0.2) is 11.5 Å². The van der Waals surface area contributed by atoms with Crippen LogP contribution in [0.25, 0.3) is 0 Å². The number of ether oxygens (including phenoxy) is 3. The number of para-hydroxylation sites is 1. The van der Waals surface area contributed by atoms with Crippen molar-refractivity contribution in [3.05, 3.63) is 88.4 Å². The van der Waals surface area contributed by atoms with Crippen LogP contribution in [-0.2, 0) is 0 Å². The van der Waals surface area contributed by atoms with E-state index in [9.17, 15) is 0 Å². The number of nitrogens with zero attached hydrogens (tertiary/aromatic N) is 2. The summed E-state index contributed by atoms with van der Waals surface area (Å²) in [4.78, 5) is 0. The summed E-state index contributed by atoms with van der Waals surface area (Å²) >= 11 is 6.57. The Kier molecular flexibility index (Phi) is 5.20. The monoisotopic (exact) mass is 434 g/mol. The van der Waals surface area contributed by atoms with Crippen LogP contribution in [0.15, 0.2) is 71.8 Å². The van der Waals surface area contributed by atoms with Crippen LogP contribution < -0.4 is 14.2 Å². The van der Waals surface area contributed by atoms with E-state index < -0.39 is 6.23 Å². The zero-order chi connectivity index (χ0) is 21.4. The molecular weight excluding hydrogens is 412 g/mol. The van der Waals surface area contributed by atoms with Gasteiger partial charge in [0.25, 0.3) is 0 Å². The maximum Gasteiger partial charge on any atom is 0.215 e. The maximum absolute atomic E-state index is 6.57. The normalized spacial score (nSPS) is 19.2. The summed E-state index contributed by atoms with van der Waals surface area (Å²) in [5.41, 5.74) is 3.96. The van der Waals surface area contributed by atoms with Gasteiger partial charge in [-0.1, -0.05) is 54.1 Å². The number of hydrogen-bond acceptors (Lipinski definition) is 5. The molecule has 0 radical (unpaired) electrons. The molecule has 2 atom stereocenters. The largest absolute Gasteiger partial charge is 0.497 e. The quantitative estimate of drug-likeness (QED) is 0.494. The van der Waals surface area contributed by atoms with Gasteiger partial charge in [-0.25, -0.2) is 5.01 Å². The van der Waals surface area contributed by atoms with Gasteiger partial charge in [-0.15, -0.1) is 0 Å². The van der Waals surface area contributed by atoms with E-state index in [0.29, 0.717) is 11.6 Å². The molecule has 2 heterocycles. The van der Waals surface area contributed by atoms with E-state index in [4.69, 9.17) is 30.9 Å². The third kappa shape index (κ3) is 3.49. The molecule has 158 valence electrons. The van der Waals surface area contributed by atoms with Crippen LogP contribution in [0.2, 0.25) is 5.02 Å². The van der Waals surface area contributed by atoms with Crippen LogP contribution in [0.4, 0.5) is 0 Å².